The highest BCUT2D eigenvalue weighted by Gasteiger charge is 2.08. The summed E-state index contributed by atoms with van der Waals surface area (Å²) >= 11 is 0. The zero-order valence-corrected chi connectivity index (χ0v) is 12.0. The van der Waals surface area contributed by atoms with Gasteiger partial charge in [-0.15, -0.1) is 0 Å². The van der Waals surface area contributed by atoms with Crippen molar-refractivity contribution in [3.8, 4) is 11.8 Å². The summed E-state index contributed by atoms with van der Waals surface area (Å²) < 4.78 is 19.0. The number of benzene rings is 2. The number of aryl methyl sites for hydroxylation is 2. The van der Waals surface area contributed by atoms with E-state index < -0.39 is 5.82 Å². The van der Waals surface area contributed by atoms with Gasteiger partial charge in [0.2, 0.25) is 0 Å². The number of aliphatic hydroxyl groups is 1. The standard InChI is InChI=1S/C17H16FNO2/c1-11-5-14(9-20)6-12(2)17(11)21-10-13-3-4-16(18)15(7-13)8-19/h3-7,20H,9-10H2,1-2H3. The van der Waals surface area contributed by atoms with Crippen molar-refractivity contribution in [3.63, 3.8) is 0 Å². The van der Waals surface area contributed by atoms with Crippen molar-refractivity contribution in [2.24, 2.45) is 0 Å². The second kappa shape index (κ2) is 6.38. The average molecular weight is 285 g/mol. The second-order valence-corrected chi connectivity index (χ2v) is 4.93. The molecule has 0 aliphatic heterocycles. The van der Waals surface area contributed by atoms with Gasteiger partial charge in [0.15, 0.2) is 0 Å². The maximum absolute atomic E-state index is 13.3. The highest BCUT2D eigenvalue weighted by molar-refractivity contribution is 5.43. The van der Waals surface area contributed by atoms with Crippen LogP contribution in [0.4, 0.5) is 4.39 Å². The summed E-state index contributed by atoms with van der Waals surface area (Å²) in [5, 5.41) is 18.0. The van der Waals surface area contributed by atoms with E-state index in [0.717, 1.165) is 28.0 Å². The Morgan fingerprint density at radius 2 is 1.81 bits per heavy atom. The van der Waals surface area contributed by atoms with Gasteiger partial charge in [-0.2, -0.15) is 5.26 Å². The SMILES string of the molecule is Cc1cc(CO)cc(C)c1OCc1ccc(F)c(C#N)c1. The van der Waals surface area contributed by atoms with Crippen LogP contribution < -0.4 is 4.74 Å². The smallest absolute Gasteiger partial charge is 0.140 e. The van der Waals surface area contributed by atoms with Gasteiger partial charge in [-0.25, -0.2) is 4.39 Å². The van der Waals surface area contributed by atoms with Gasteiger partial charge in [0, 0.05) is 0 Å². The van der Waals surface area contributed by atoms with E-state index in [1.54, 1.807) is 6.07 Å². The Hall–Kier alpha value is -2.38. The minimum absolute atomic E-state index is 0.00848. The fourth-order valence-corrected chi connectivity index (χ4v) is 2.26. The van der Waals surface area contributed by atoms with Crippen LogP contribution in [0.25, 0.3) is 0 Å². The van der Waals surface area contributed by atoms with Gasteiger partial charge in [0.05, 0.1) is 12.2 Å². The molecule has 21 heavy (non-hydrogen) atoms. The molecule has 0 atom stereocenters. The number of hydrogen-bond acceptors (Lipinski definition) is 3. The molecule has 2 rings (SSSR count). The zero-order valence-electron chi connectivity index (χ0n) is 12.0. The molecule has 0 bridgehead atoms. The number of aliphatic hydroxyl groups excluding tert-OH is 1. The lowest BCUT2D eigenvalue weighted by Crippen LogP contribution is -2.01. The maximum atomic E-state index is 13.3. The van der Waals surface area contributed by atoms with Gasteiger partial charge in [-0.3, -0.25) is 0 Å². The molecule has 0 amide bonds. The van der Waals surface area contributed by atoms with E-state index in [-0.39, 0.29) is 18.8 Å². The first-order chi connectivity index (χ1) is 10.0. The molecular weight excluding hydrogens is 269 g/mol. The third-order valence-electron chi connectivity index (χ3n) is 3.24. The molecule has 0 aliphatic carbocycles. The van der Waals surface area contributed by atoms with E-state index in [0.29, 0.717) is 0 Å². The van der Waals surface area contributed by atoms with Gasteiger partial charge in [-0.05, 0) is 48.2 Å². The molecule has 1 N–H and O–H groups in total. The first-order valence-electron chi connectivity index (χ1n) is 6.57. The first-order valence-corrected chi connectivity index (χ1v) is 6.57. The molecule has 0 unspecified atom stereocenters. The Balaban J connectivity index is 2.19. The van der Waals surface area contributed by atoms with Crippen LogP contribution in [0.3, 0.4) is 0 Å². The normalized spacial score (nSPS) is 10.2. The van der Waals surface area contributed by atoms with Crippen molar-refractivity contribution in [2.45, 2.75) is 27.1 Å². The molecule has 2 aromatic rings. The molecule has 0 saturated heterocycles. The summed E-state index contributed by atoms with van der Waals surface area (Å²) in [4.78, 5) is 0. The third-order valence-corrected chi connectivity index (χ3v) is 3.24. The van der Waals surface area contributed by atoms with E-state index >= 15 is 0 Å². The molecule has 0 fully saturated rings. The number of hydrogen-bond donors (Lipinski definition) is 1. The van der Waals surface area contributed by atoms with Crippen LogP contribution in [0.15, 0.2) is 30.3 Å². The van der Waals surface area contributed by atoms with E-state index in [2.05, 4.69) is 0 Å². The zero-order chi connectivity index (χ0) is 15.4. The second-order valence-electron chi connectivity index (χ2n) is 4.93. The minimum Gasteiger partial charge on any atom is -0.488 e. The molecule has 2 aromatic carbocycles. The highest BCUT2D eigenvalue weighted by atomic mass is 19.1. The summed E-state index contributed by atoms with van der Waals surface area (Å²) in [6, 6.07) is 9.91. The molecule has 0 aromatic heterocycles. The first kappa shape index (κ1) is 15.0. The number of halogens is 1. The monoisotopic (exact) mass is 285 g/mol. The largest absolute Gasteiger partial charge is 0.488 e. The van der Waals surface area contributed by atoms with E-state index in [9.17, 15) is 4.39 Å². The summed E-state index contributed by atoms with van der Waals surface area (Å²) in [6.07, 6.45) is 0. The third kappa shape index (κ3) is 3.39. The Kier molecular flexibility index (Phi) is 4.56. The molecule has 4 heteroatoms. The number of ether oxygens (including phenoxy) is 1. The quantitative estimate of drug-likeness (QED) is 0.936. The van der Waals surface area contributed by atoms with Gasteiger partial charge >= 0.3 is 0 Å². The van der Waals surface area contributed by atoms with Crippen molar-refractivity contribution >= 4 is 0 Å². The number of rotatable bonds is 4. The van der Waals surface area contributed by atoms with Gasteiger partial charge in [-0.1, -0.05) is 18.2 Å². The summed E-state index contributed by atoms with van der Waals surface area (Å²) in [7, 11) is 0. The molecule has 108 valence electrons. The topological polar surface area (TPSA) is 53.2 Å². The van der Waals surface area contributed by atoms with Crippen molar-refractivity contribution < 1.29 is 14.2 Å². The fourth-order valence-electron chi connectivity index (χ4n) is 2.26. The van der Waals surface area contributed by atoms with E-state index in [1.165, 1.54) is 12.1 Å². The predicted molar refractivity (Wildman–Crippen MR) is 77.3 cm³/mol. The molecule has 0 aliphatic rings. The average Bonchev–Trinajstić information content (AvgIpc) is 2.47. The van der Waals surface area contributed by atoms with Crippen LogP contribution >= 0.6 is 0 Å². The van der Waals surface area contributed by atoms with Crippen LogP contribution in [0.5, 0.6) is 5.75 Å². The Bertz CT molecular complexity index is 681. The maximum Gasteiger partial charge on any atom is 0.140 e. The van der Waals surface area contributed by atoms with E-state index in [1.807, 2.05) is 32.0 Å². The summed E-state index contributed by atoms with van der Waals surface area (Å²) in [6.45, 7) is 4.07. The Morgan fingerprint density at radius 3 is 2.38 bits per heavy atom. The molecular formula is C17H16FNO2. The van der Waals surface area contributed by atoms with Crippen LogP contribution in [-0.2, 0) is 13.2 Å². The van der Waals surface area contributed by atoms with Crippen LogP contribution in [0.2, 0.25) is 0 Å². The lowest BCUT2D eigenvalue weighted by Gasteiger charge is -2.14. The molecule has 0 heterocycles. The van der Waals surface area contributed by atoms with Crippen molar-refractivity contribution in [3.05, 3.63) is 64.0 Å². The lowest BCUT2D eigenvalue weighted by atomic mass is 10.1. The van der Waals surface area contributed by atoms with Crippen molar-refractivity contribution in [1.82, 2.24) is 0 Å². The van der Waals surface area contributed by atoms with Gasteiger partial charge < -0.3 is 9.84 Å². The summed E-state index contributed by atoms with van der Waals surface area (Å²) in [5.41, 5.74) is 3.45. The number of nitrogens with zero attached hydrogens (tertiary/aromatic N) is 1. The minimum atomic E-state index is -0.527. The molecule has 3 nitrogen and oxygen atoms in total. The molecule has 0 radical (unpaired) electrons. The van der Waals surface area contributed by atoms with Crippen LogP contribution in [0.1, 0.15) is 27.8 Å². The summed E-state index contributed by atoms with van der Waals surface area (Å²) in [5.74, 6) is 0.218. The Morgan fingerprint density at radius 1 is 1.14 bits per heavy atom. The van der Waals surface area contributed by atoms with Crippen LogP contribution in [-0.4, -0.2) is 5.11 Å². The lowest BCUT2D eigenvalue weighted by molar-refractivity contribution is 0.280. The molecule has 0 saturated carbocycles. The highest BCUT2D eigenvalue weighted by Crippen LogP contribution is 2.26. The van der Waals surface area contributed by atoms with Crippen LogP contribution in [0, 0.1) is 31.0 Å². The van der Waals surface area contributed by atoms with Gasteiger partial charge in [0.25, 0.3) is 0 Å². The van der Waals surface area contributed by atoms with Crippen molar-refractivity contribution in [1.29, 1.82) is 5.26 Å². The van der Waals surface area contributed by atoms with Gasteiger partial charge in [0.1, 0.15) is 24.2 Å². The fraction of sp³-hybridized carbons (Fsp3) is 0.235. The van der Waals surface area contributed by atoms with Crippen molar-refractivity contribution in [2.75, 3.05) is 0 Å². The predicted octanol–water partition coefficient (Wildman–Crippen LogP) is 3.39. The van der Waals surface area contributed by atoms with E-state index in [4.69, 9.17) is 15.1 Å². The molecule has 0 spiro atoms. The Labute approximate surface area is 123 Å². The number of nitriles is 1.